The predicted octanol–water partition coefficient (Wildman–Crippen LogP) is 2.34. The molecule has 0 unspecified atom stereocenters. The number of nitrogens with two attached hydrogens (primary N) is 2. The zero-order chi connectivity index (χ0) is 12.9. The molecule has 0 amide bonds. The van der Waals surface area contributed by atoms with Crippen molar-refractivity contribution in [2.75, 3.05) is 26.2 Å². The minimum absolute atomic E-state index is 0.442. The van der Waals surface area contributed by atoms with Crippen LogP contribution in [0, 0.1) is 0 Å². The third-order valence-corrected chi connectivity index (χ3v) is 2.63. The second kappa shape index (κ2) is 13.5. The molecule has 4 nitrogen and oxygen atoms in total. The number of hydrogen-bond acceptors (Lipinski definition) is 2. The molecule has 0 aliphatic carbocycles. The van der Waals surface area contributed by atoms with Gasteiger partial charge in [0, 0.05) is 12.1 Å². The van der Waals surface area contributed by atoms with Gasteiger partial charge in [-0.15, -0.1) is 26.2 Å². The normalized spacial score (nSPS) is 22.1. The molecule has 0 spiro atoms. The van der Waals surface area contributed by atoms with Crippen LogP contribution in [0.3, 0.4) is 0 Å². The average Bonchev–Trinajstić information content (AvgIpc) is 2.33. The number of nitrogens with zero attached hydrogens (tertiary/aromatic N) is 2. The molecule has 2 saturated heterocycles. The topological polar surface area (TPSA) is 80.2 Å². The van der Waals surface area contributed by atoms with Crippen LogP contribution in [0.2, 0.25) is 0 Å². The molecule has 0 radical (unpaired) electrons. The van der Waals surface area contributed by atoms with Crippen molar-refractivity contribution in [1.29, 1.82) is 0 Å². The van der Waals surface area contributed by atoms with Crippen LogP contribution in [0.1, 0.15) is 25.7 Å². The quantitative estimate of drug-likeness (QED) is 0.578. The number of halogens is 2. The summed E-state index contributed by atoms with van der Waals surface area (Å²) < 4.78 is 0. The Hall–Kier alpha value is 1.11. The van der Waals surface area contributed by atoms with Gasteiger partial charge in [0.05, 0.1) is 0 Å². The fraction of sp³-hybridized carbons (Fsp3) is 1.00. The monoisotopic (exact) mass is 463 g/mol. The fourth-order valence-electron chi connectivity index (χ4n) is 1.54. The Morgan fingerprint density at radius 1 is 0.765 bits per heavy atom. The summed E-state index contributed by atoms with van der Waals surface area (Å²) >= 11 is -0.472. The van der Waals surface area contributed by atoms with E-state index in [1.165, 1.54) is 0 Å². The number of rotatable bonds is 0. The van der Waals surface area contributed by atoms with Crippen molar-refractivity contribution in [1.82, 2.24) is 0 Å². The molecular formula is C10H22Cl2N4Pt. The summed E-state index contributed by atoms with van der Waals surface area (Å²) in [6, 6.07) is 0.884. The van der Waals surface area contributed by atoms with E-state index in [2.05, 4.69) is 10.6 Å². The Morgan fingerprint density at radius 3 is 1.12 bits per heavy atom. The Bertz CT molecular complexity index is 137. The molecule has 0 atom stereocenters. The predicted molar refractivity (Wildman–Crippen MR) is 72.3 cm³/mol. The molecule has 2 heterocycles. The zero-order valence-electron chi connectivity index (χ0n) is 9.93. The molecule has 0 aromatic heterocycles. The summed E-state index contributed by atoms with van der Waals surface area (Å²) in [5.41, 5.74) is 11.1. The fourth-order valence-corrected chi connectivity index (χ4v) is 1.54. The van der Waals surface area contributed by atoms with Gasteiger partial charge in [-0.25, -0.2) is 0 Å². The first-order valence-electron chi connectivity index (χ1n) is 5.80. The van der Waals surface area contributed by atoms with Gasteiger partial charge in [0.1, 0.15) is 0 Å². The average molecular weight is 464 g/mol. The molecule has 2 rings (SSSR count). The van der Waals surface area contributed by atoms with E-state index >= 15 is 0 Å². The van der Waals surface area contributed by atoms with Crippen LogP contribution >= 0.6 is 18.8 Å². The first-order chi connectivity index (χ1) is 8.20. The summed E-state index contributed by atoms with van der Waals surface area (Å²) in [4.78, 5) is 0. The molecule has 106 valence electrons. The minimum atomic E-state index is -0.472. The van der Waals surface area contributed by atoms with Gasteiger partial charge in [0.25, 0.3) is 0 Å². The summed E-state index contributed by atoms with van der Waals surface area (Å²) in [5.74, 6) is 0. The molecule has 0 bridgehead atoms. The van der Waals surface area contributed by atoms with Gasteiger partial charge in [0.15, 0.2) is 0 Å². The van der Waals surface area contributed by atoms with Gasteiger partial charge < -0.3 is 22.1 Å². The van der Waals surface area contributed by atoms with Gasteiger partial charge in [0.2, 0.25) is 0 Å². The number of piperidine rings is 2. The standard InChI is InChI=1S/2C5H11N2.2ClH.Pt/c2*6-5-1-3-7-4-2-5;;;/h2*5H,1-4,6H2;2*1H;/q2*-1;;;+4/p-2. The summed E-state index contributed by atoms with van der Waals surface area (Å²) in [7, 11) is 9.75. The molecule has 7 heteroatoms. The first kappa shape index (κ1) is 18.1. The van der Waals surface area contributed by atoms with Crippen molar-refractivity contribution in [3.8, 4) is 0 Å². The maximum absolute atomic E-state index is 5.57. The van der Waals surface area contributed by atoms with Gasteiger partial charge in [-0.05, 0) is 0 Å². The van der Waals surface area contributed by atoms with Crippen molar-refractivity contribution >= 4 is 18.8 Å². The van der Waals surface area contributed by atoms with E-state index < -0.39 is 16.5 Å². The molecule has 2 fully saturated rings. The first-order valence-corrected chi connectivity index (χ1v) is 11.4. The summed E-state index contributed by atoms with van der Waals surface area (Å²) in [6.07, 6.45) is 4.39. The van der Waals surface area contributed by atoms with Gasteiger partial charge in [-0.1, -0.05) is 25.7 Å². The van der Waals surface area contributed by atoms with Gasteiger partial charge in [-0.3, -0.25) is 0 Å². The molecule has 4 N–H and O–H groups in total. The Kier molecular flexibility index (Phi) is 14.4. The van der Waals surface area contributed by atoms with E-state index in [0.717, 1.165) is 51.9 Å². The van der Waals surface area contributed by atoms with Gasteiger partial charge >= 0.3 is 35.3 Å². The van der Waals surface area contributed by atoms with Crippen molar-refractivity contribution in [2.45, 2.75) is 37.8 Å². The van der Waals surface area contributed by atoms with E-state index in [9.17, 15) is 0 Å². The number of hydrogen-bond donors (Lipinski definition) is 2. The van der Waals surface area contributed by atoms with Crippen molar-refractivity contribution in [3.63, 3.8) is 0 Å². The Morgan fingerprint density at radius 2 is 1.00 bits per heavy atom. The van der Waals surface area contributed by atoms with E-state index in [-0.39, 0.29) is 0 Å². The molecule has 0 aromatic carbocycles. The Labute approximate surface area is 121 Å². The van der Waals surface area contributed by atoms with E-state index in [4.69, 9.17) is 30.3 Å². The Balaban J connectivity index is 0.000000247. The third kappa shape index (κ3) is 13.3. The van der Waals surface area contributed by atoms with Crippen LogP contribution in [-0.2, 0) is 16.5 Å². The van der Waals surface area contributed by atoms with Crippen LogP contribution in [0.25, 0.3) is 10.6 Å². The third-order valence-electron chi connectivity index (χ3n) is 2.63. The molecule has 2 aliphatic rings. The second-order valence-electron chi connectivity index (χ2n) is 4.06. The molecule has 0 saturated carbocycles. The zero-order valence-corrected chi connectivity index (χ0v) is 13.7. The molecule has 0 aromatic rings. The van der Waals surface area contributed by atoms with Crippen molar-refractivity contribution in [2.24, 2.45) is 11.5 Å². The van der Waals surface area contributed by atoms with Crippen LogP contribution in [0.5, 0.6) is 0 Å². The van der Waals surface area contributed by atoms with Crippen LogP contribution < -0.4 is 11.5 Å². The van der Waals surface area contributed by atoms with Crippen LogP contribution in [-0.4, -0.2) is 38.3 Å². The molecule has 2 aliphatic heterocycles. The van der Waals surface area contributed by atoms with E-state index in [1.807, 2.05) is 0 Å². The summed E-state index contributed by atoms with van der Waals surface area (Å²) in [5, 5.41) is 8.30. The van der Waals surface area contributed by atoms with Crippen molar-refractivity contribution < 1.29 is 16.5 Å². The molecular weight excluding hydrogens is 442 g/mol. The van der Waals surface area contributed by atoms with E-state index in [0.29, 0.717) is 12.1 Å². The van der Waals surface area contributed by atoms with Crippen LogP contribution in [0.15, 0.2) is 0 Å². The van der Waals surface area contributed by atoms with Gasteiger partial charge in [-0.2, -0.15) is 0 Å². The SMILES string of the molecule is NC1CC[N-]CC1.NC1CC[N-]CC1.[Cl][Pt+2][Cl]. The van der Waals surface area contributed by atoms with Crippen LogP contribution in [0.4, 0.5) is 0 Å². The van der Waals surface area contributed by atoms with E-state index in [1.54, 1.807) is 0 Å². The maximum atomic E-state index is 5.57. The molecule has 17 heavy (non-hydrogen) atoms. The summed E-state index contributed by atoms with van der Waals surface area (Å²) in [6.45, 7) is 3.95. The van der Waals surface area contributed by atoms with Crippen molar-refractivity contribution in [3.05, 3.63) is 10.6 Å². The second-order valence-corrected chi connectivity index (χ2v) is 7.34.